The average Bonchev–Trinajstić information content (AvgIpc) is 3.04. The number of aryl methyl sites for hydroxylation is 2. The predicted molar refractivity (Wildman–Crippen MR) is 76.1 cm³/mol. The third-order valence-electron chi connectivity index (χ3n) is 2.69. The third kappa shape index (κ3) is 3.95. The Morgan fingerprint density at radius 3 is 2.71 bits per heavy atom. The average molecular weight is 291 g/mol. The standard InChI is InChI=1S/C14H17N3O4/c1-8-5-6-12(19-8)10(3)16-21-11(4)14(18)15-13-7-9(2)20-17-13/h5-7,11H,1-4H3,(H,15,17,18)/b16-10+. The lowest BCUT2D eigenvalue weighted by Gasteiger charge is -2.08. The molecule has 1 N–H and O–H groups in total. The molecule has 0 saturated carbocycles. The number of hydrogen-bond acceptors (Lipinski definition) is 6. The lowest BCUT2D eigenvalue weighted by atomic mass is 10.3. The first-order valence-corrected chi connectivity index (χ1v) is 6.47. The van der Waals surface area contributed by atoms with Gasteiger partial charge in [-0.25, -0.2) is 0 Å². The fraction of sp³-hybridized carbons (Fsp3) is 0.357. The fourth-order valence-corrected chi connectivity index (χ4v) is 1.53. The van der Waals surface area contributed by atoms with Crippen molar-refractivity contribution in [3.8, 4) is 0 Å². The van der Waals surface area contributed by atoms with Crippen molar-refractivity contribution in [2.24, 2.45) is 5.16 Å². The summed E-state index contributed by atoms with van der Waals surface area (Å²) in [7, 11) is 0. The quantitative estimate of drug-likeness (QED) is 0.675. The van der Waals surface area contributed by atoms with Gasteiger partial charge in [-0.2, -0.15) is 0 Å². The molecule has 1 atom stereocenters. The molecular weight excluding hydrogens is 274 g/mol. The zero-order valence-corrected chi connectivity index (χ0v) is 12.3. The second-order valence-electron chi connectivity index (χ2n) is 4.65. The van der Waals surface area contributed by atoms with Gasteiger partial charge in [0.25, 0.3) is 5.91 Å². The zero-order valence-electron chi connectivity index (χ0n) is 12.3. The number of oxime groups is 1. The first kappa shape index (κ1) is 14.8. The van der Waals surface area contributed by atoms with Crippen molar-refractivity contribution in [3.05, 3.63) is 35.5 Å². The number of carbonyl (C=O) groups is 1. The highest BCUT2D eigenvalue weighted by Crippen LogP contribution is 2.10. The van der Waals surface area contributed by atoms with Gasteiger partial charge in [-0.15, -0.1) is 0 Å². The number of amides is 1. The smallest absolute Gasteiger partial charge is 0.269 e. The molecular formula is C14H17N3O4. The van der Waals surface area contributed by atoms with E-state index in [4.69, 9.17) is 13.8 Å². The van der Waals surface area contributed by atoms with Crippen LogP contribution in [-0.2, 0) is 9.63 Å². The molecule has 1 amide bonds. The van der Waals surface area contributed by atoms with E-state index < -0.39 is 6.10 Å². The fourth-order valence-electron chi connectivity index (χ4n) is 1.53. The van der Waals surface area contributed by atoms with Gasteiger partial charge in [0.1, 0.15) is 17.2 Å². The van der Waals surface area contributed by atoms with Gasteiger partial charge < -0.3 is 19.1 Å². The maximum absolute atomic E-state index is 11.9. The van der Waals surface area contributed by atoms with E-state index in [2.05, 4.69) is 15.6 Å². The summed E-state index contributed by atoms with van der Waals surface area (Å²) < 4.78 is 10.3. The summed E-state index contributed by atoms with van der Waals surface area (Å²) >= 11 is 0. The van der Waals surface area contributed by atoms with Gasteiger partial charge in [-0.3, -0.25) is 4.79 Å². The summed E-state index contributed by atoms with van der Waals surface area (Å²) in [6.07, 6.45) is -0.770. The Bertz CT molecular complexity index is 657. The summed E-state index contributed by atoms with van der Waals surface area (Å²) in [5, 5.41) is 10.1. The van der Waals surface area contributed by atoms with Crippen LogP contribution in [0.3, 0.4) is 0 Å². The van der Waals surface area contributed by atoms with E-state index in [-0.39, 0.29) is 5.91 Å². The van der Waals surface area contributed by atoms with E-state index in [9.17, 15) is 4.79 Å². The van der Waals surface area contributed by atoms with Crippen LogP contribution in [-0.4, -0.2) is 22.9 Å². The Kier molecular flexibility index (Phi) is 4.42. The van der Waals surface area contributed by atoms with Crippen LogP contribution in [0.1, 0.15) is 31.1 Å². The van der Waals surface area contributed by atoms with Gasteiger partial charge in [0.05, 0.1) is 0 Å². The highest BCUT2D eigenvalue weighted by molar-refractivity contribution is 5.96. The van der Waals surface area contributed by atoms with Crippen molar-refractivity contribution in [2.75, 3.05) is 5.32 Å². The molecule has 0 saturated heterocycles. The molecule has 2 aromatic rings. The second-order valence-corrected chi connectivity index (χ2v) is 4.65. The molecule has 7 nitrogen and oxygen atoms in total. The molecule has 0 aliphatic heterocycles. The van der Waals surface area contributed by atoms with Crippen LogP contribution >= 0.6 is 0 Å². The van der Waals surface area contributed by atoms with Gasteiger partial charge in [-0.1, -0.05) is 10.3 Å². The molecule has 7 heteroatoms. The first-order valence-electron chi connectivity index (χ1n) is 6.47. The van der Waals surface area contributed by atoms with Gasteiger partial charge in [0.2, 0.25) is 6.10 Å². The molecule has 2 heterocycles. The van der Waals surface area contributed by atoms with E-state index in [0.29, 0.717) is 23.1 Å². The maximum atomic E-state index is 11.9. The molecule has 0 aliphatic carbocycles. The van der Waals surface area contributed by atoms with Gasteiger partial charge in [0, 0.05) is 6.07 Å². The van der Waals surface area contributed by atoms with Crippen LogP contribution in [0.2, 0.25) is 0 Å². The number of anilines is 1. The Hall–Kier alpha value is -2.57. The van der Waals surface area contributed by atoms with Crippen LogP contribution in [0.15, 0.2) is 32.3 Å². The SMILES string of the molecule is C/C(=N\OC(C)C(=O)Nc1cc(C)on1)c1ccc(C)o1. The molecule has 0 fully saturated rings. The molecule has 0 aliphatic rings. The normalized spacial score (nSPS) is 13.0. The number of carbonyl (C=O) groups excluding carboxylic acids is 1. The van der Waals surface area contributed by atoms with E-state index in [1.54, 1.807) is 32.9 Å². The monoisotopic (exact) mass is 291 g/mol. The predicted octanol–water partition coefficient (Wildman–Crippen LogP) is 2.65. The van der Waals surface area contributed by atoms with Crippen molar-refractivity contribution < 1.29 is 18.6 Å². The highest BCUT2D eigenvalue weighted by atomic mass is 16.6. The molecule has 0 bridgehead atoms. The minimum absolute atomic E-state index is 0.343. The maximum Gasteiger partial charge on any atom is 0.269 e. The van der Waals surface area contributed by atoms with Crippen molar-refractivity contribution in [2.45, 2.75) is 33.8 Å². The highest BCUT2D eigenvalue weighted by Gasteiger charge is 2.16. The van der Waals surface area contributed by atoms with Gasteiger partial charge in [-0.05, 0) is 39.8 Å². The Morgan fingerprint density at radius 2 is 2.14 bits per heavy atom. The molecule has 0 aromatic carbocycles. The summed E-state index contributed by atoms with van der Waals surface area (Å²) in [6, 6.07) is 5.24. The lowest BCUT2D eigenvalue weighted by molar-refractivity contribution is -0.126. The number of rotatable bonds is 5. The topological polar surface area (TPSA) is 89.9 Å². The summed E-state index contributed by atoms with van der Waals surface area (Å²) in [5.74, 6) is 1.98. The van der Waals surface area contributed by atoms with Gasteiger partial charge in [0.15, 0.2) is 11.6 Å². The van der Waals surface area contributed by atoms with Crippen LogP contribution < -0.4 is 5.32 Å². The minimum atomic E-state index is -0.770. The van der Waals surface area contributed by atoms with Gasteiger partial charge >= 0.3 is 0 Å². The molecule has 112 valence electrons. The number of nitrogens with one attached hydrogen (secondary N) is 1. The number of aromatic nitrogens is 1. The van der Waals surface area contributed by atoms with E-state index in [0.717, 1.165) is 5.76 Å². The summed E-state index contributed by atoms with van der Waals surface area (Å²) in [6.45, 7) is 6.91. The van der Waals surface area contributed by atoms with Crippen LogP contribution in [0.4, 0.5) is 5.82 Å². The molecule has 0 spiro atoms. The Morgan fingerprint density at radius 1 is 1.38 bits per heavy atom. The zero-order chi connectivity index (χ0) is 15.4. The molecule has 2 rings (SSSR count). The largest absolute Gasteiger partial charge is 0.460 e. The summed E-state index contributed by atoms with van der Waals surface area (Å²) in [5.41, 5.74) is 0.556. The first-order chi connectivity index (χ1) is 9.95. The van der Waals surface area contributed by atoms with E-state index in [1.807, 2.05) is 13.0 Å². The number of nitrogens with zero attached hydrogens (tertiary/aromatic N) is 2. The van der Waals surface area contributed by atoms with E-state index in [1.165, 1.54) is 0 Å². The van der Waals surface area contributed by atoms with Crippen molar-refractivity contribution in [1.82, 2.24) is 5.16 Å². The summed E-state index contributed by atoms with van der Waals surface area (Å²) in [4.78, 5) is 17.0. The van der Waals surface area contributed by atoms with Crippen LogP contribution in [0.5, 0.6) is 0 Å². The molecule has 21 heavy (non-hydrogen) atoms. The Labute approximate surface area is 121 Å². The second kappa shape index (κ2) is 6.25. The van der Waals surface area contributed by atoms with Crippen molar-refractivity contribution in [1.29, 1.82) is 0 Å². The number of hydrogen-bond donors (Lipinski definition) is 1. The molecule has 2 aromatic heterocycles. The minimum Gasteiger partial charge on any atom is -0.460 e. The van der Waals surface area contributed by atoms with Crippen molar-refractivity contribution >= 4 is 17.4 Å². The Balaban J connectivity index is 1.91. The number of furan rings is 1. The molecule has 1 unspecified atom stereocenters. The van der Waals surface area contributed by atoms with Crippen LogP contribution in [0.25, 0.3) is 0 Å². The van der Waals surface area contributed by atoms with E-state index >= 15 is 0 Å². The lowest BCUT2D eigenvalue weighted by Crippen LogP contribution is -2.26. The van der Waals surface area contributed by atoms with Crippen LogP contribution in [0, 0.1) is 13.8 Å². The molecule has 0 radical (unpaired) electrons. The van der Waals surface area contributed by atoms with Crippen molar-refractivity contribution in [3.63, 3.8) is 0 Å². The third-order valence-corrected chi connectivity index (χ3v) is 2.69.